The molecule has 2 rings (SSSR count). The largest absolute Gasteiger partial charge is 0.625 e. The van der Waals surface area contributed by atoms with E-state index in [4.69, 9.17) is 0 Å². The van der Waals surface area contributed by atoms with Gasteiger partial charge in [0.2, 0.25) is 0 Å². The Balaban J connectivity index is 2.60. The quantitative estimate of drug-likeness (QED) is 0.308. The molecule has 1 aliphatic rings. The third kappa shape index (κ3) is 1.53. The van der Waals surface area contributed by atoms with Crippen LogP contribution >= 0.6 is 0 Å². The number of quaternary nitrogens is 1. The highest BCUT2D eigenvalue weighted by Crippen LogP contribution is 2.37. The van der Waals surface area contributed by atoms with Crippen molar-refractivity contribution in [1.29, 1.82) is 0 Å². The zero-order valence-corrected chi connectivity index (χ0v) is 8.10. The van der Waals surface area contributed by atoms with Crippen molar-refractivity contribution in [2.45, 2.75) is 4.90 Å². The Labute approximate surface area is 86.3 Å². The molecule has 1 heterocycles. The van der Waals surface area contributed by atoms with Crippen LogP contribution in [0.2, 0.25) is 0 Å². The van der Waals surface area contributed by atoms with Crippen LogP contribution < -0.4 is 4.81 Å². The van der Waals surface area contributed by atoms with Gasteiger partial charge in [-0.25, -0.2) is 4.21 Å². The Kier molecular flexibility index (Phi) is 2.08. The molecule has 1 aromatic rings. The van der Waals surface area contributed by atoms with Crippen LogP contribution in [0.4, 0.5) is 11.4 Å². The molecule has 0 N–H and O–H groups in total. The fourth-order valence-electron chi connectivity index (χ4n) is 1.37. The highest BCUT2D eigenvalue weighted by atomic mass is 32.2. The van der Waals surface area contributed by atoms with Gasteiger partial charge in [0, 0.05) is 18.2 Å². The molecular weight excluding hydrogens is 224 g/mol. The lowest BCUT2D eigenvalue weighted by Crippen LogP contribution is -2.33. The van der Waals surface area contributed by atoms with E-state index in [1.54, 1.807) is 0 Å². The summed E-state index contributed by atoms with van der Waals surface area (Å²) < 4.78 is 11.3. The number of nitro groups is 1. The van der Waals surface area contributed by atoms with Crippen LogP contribution in [0.3, 0.4) is 0 Å². The van der Waals surface area contributed by atoms with Crippen molar-refractivity contribution in [2.75, 3.05) is 5.88 Å². The summed E-state index contributed by atoms with van der Waals surface area (Å²) in [5, 5.41) is 32.9. The third-order valence-corrected chi connectivity index (χ3v) is 3.45. The number of nitro benzene ring substituents is 1. The van der Waals surface area contributed by atoms with Gasteiger partial charge in [-0.15, -0.1) is 0 Å². The first kappa shape index (κ1) is 10.2. The average molecular weight is 229 g/mol. The molecule has 0 saturated carbocycles. The van der Waals surface area contributed by atoms with Crippen molar-refractivity contribution in [2.24, 2.45) is 0 Å². The number of nitrogens with zero attached hydrogens (tertiary/aromatic N) is 2. The van der Waals surface area contributed by atoms with Gasteiger partial charge in [-0.05, 0) is 0 Å². The van der Waals surface area contributed by atoms with E-state index in [-0.39, 0.29) is 16.3 Å². The van der Waals surface area contributed by atoms with Gasteiger partial charge in [0.15, 0.2) is 11.6 Å². The molecule has 0 radical (unpaired) electrons. The smallest absolute Gasteiger partial charge is 0.271 e. The second kappa shape index (κ2) is 3.07. The minimum absolute atomic E-state index is 0.0331. The fraction of sp³-hybridized carbons (Fsp3) is 0.143. The second-order valence-corrected chi connectivity index (χ2v) is 4.45. The van der Waals surface area contributed by atoms with Crippen LogP contribution in [0.5, 0.6) is 0 Å². The lowest BCUT2D eigenvalue weighted by atomic mass is 10.3. The first-order valence-electron chi connectivity index (χ1n) is 3.89. The van der Waals surface area contributed by atoms with Crippen molar-refractivity contribution in [3.63, 3.8) is 0 Å². The van der Waals surface area contributed by atoms with E-state index >= 15 is 0 Å². The van der Waals surface area contributed by atoms with Crippen LogP contribution in [-0.4, -0.2) is 15.0 Å². The minimum Gasteiger partial charge on any atom is -0.625 e. The molecule has 0 saturated heterocycles. The molecule has 15 heavy (non-hydrogen) atoms. The standard InChI is InChI=1S/C7H5N2O5S/c10-8(11)5-1-2-6-7(3-5)15(14)4-9(6,12)13/h1-3H,4H2/q-1. The molecule has 0 fully saturated rings. The molecule has 80 valence electrons. The van der Waals surface area contributed by atoms with Crippen molar-refractivity contribution in [3.8, 4) is 0 Å². The van der Waals surface area contributed by atoms with Crippen molar-refractivity contribution < 1.29 is 9.13 Å². The van der Waals surface area contributed by atoms with Gasteiger partial charge >= 0.3 is 0 Å². The van der Waals surface area contributed by atoms with Crippen molar-refractivity contribution in [3.05, 3.63) is 38.7 Å². The summed E-state index contributed by atoms with van der Waals surface area (Å²) in [7, 11) is -1.75. The van der Waals surface area contributed by atoms with Gasteiger partial charge in [0.05, 0.1) is 4.92 Å². The molecule has 0 aliphatic carbocycles. The summed E-state index contributed by atoms with van der Waals surface area (Å²) in [6.45, 7) is 0. The van der Waals surface area contributed by atoms with E-state index in [9.17, 15) is 24.7 Å². The van der Waals surface area contributed by atoms with Gasteiger partial charge in [-0.1, -0.05) is 0 Å². The van der Waals surface area contributed by atoms with Gasteiger partial charge in [-0.3, -0.25) is 10.1 Å². The van der Waals surface area contributed by atoms with Crippen molar-refractivity contribution >= 4 is 22.2 Å². The molecule has 1 aromatic carbocycles. The molecule has 0 amide bonds. The molecule has 7 nitrogen and oxygen atoms in total. The summed E-state index contributed by atoms with van der Waals surface area (Å²) in [5.74, 6) is -0.628. The third-order valence-electron chi connectivity index (χ3n) is 2.05. The van der Waals surface area contributed by atoms with E-state index < -0.39 is 26.4 Å². The number of benzene rings is 1. The lowest BCUT2D eigenvalue weighted by molar-refractivity contribution is -0.385. The predicted octanol–water partition coefficient (Wildman–Crippen LogP) is 0.976. The number of fused-ring (bicyclic) bond motifs is 1. The first-order valence-corrected chi connectivity index (χ1v) is 5.21. The van der Waals surface area contributed by atoms with Crippen LogP contribution in [0, 0.1) is 20.5 Å². The molecule has 1 atom stereocenters. The monoisotopic (exact) mass is 229 g/mol. The SMILES string of the molecule is O=[N+]([O-])c1ccc2c(c1)S(=O)C[N+]2([O-])[O-]. The summed E-state index contributed by atoms with van der Waals surface area (Å²) in [6.07, 6.45) is 0. The van der Waals surface area contributed by atoms with E-state index in [0.717, 1.165) is 18.2 Å². The number of non-ortho nitro benzene ring substituents is 1. The predicted molar refractivity (Wildman–Crippen MR) is 52.9 cm³/mol. The highest BCUT2D eigenvalue weighted by Gasteiger charge is 2.32. The molecule has 1 unspecified atom stereocenters. The summed E-state index contributed by atoms with van der Waals surface area (Å²) in [6, 6.07) is 3.14. The fourth-order valence-corrected chi connectivity index (χ4v) is 2.65. The lowest BCUT2D eigenvalue weighted by Gasteiger charge is -2.41. The maximum atomic E-state index is 11.3. The topological polar surface area (TPSA) is 106 Å². The van der Waals surface area contributed by atoms with E-state index in [0.29, 0.717) is 0 Å². The van der Waals surface area contributed by atoms with Crippen LogP contribution in [0.15, 0.2) is 23.1 Å². The van der Waals surface area contributed by atoms with Gasteiger partial charge in [0.25, 0.3) is 5.69 Å². The summed E-state index contributed by atoms with van der Waals surface area (Å²) >= 11 is 0. The normalized spacial score (nSPS) is 22.4. The first-order chi connectivity index (χ1) is 6.92. The molecule has 1 aliphatic heterocycles. The minimum atomic E-state index is -1.99. The number of hydrogen-bond acceptors (Lipinski definition) is 5. The van der Waals surface area contributed by atoms with Gasteiger partial charge in [-0.2, -0.15) is 0 Å². The molecule has 0 bridgehead atoms. The van der Waals surface area contributed by atoms with Crippen molar-refractivity contribution in [1.82, 2.24) is 4.81 Å². The van der Waals surface area contributed by atoms with Gasteiger partial charge < -0.3 is 15.2 Å². The number of hydroxylamine groups is 2. The molecular formula is C7H5N2O5S-. The maximum absolute atomic E-state index is 11.3. The number of rotatable bonds is 1. The van der Waals surface area contributed by atoms with Crippen LogP contribution in [0.25, 0.3) is 0 Å². The summed E-state index contributed by atoms with van der Waals surface area (Å²) in [5.41, 5.74) is -0.483. The van der Waals surface area contributed by atoms with Crippen LogP contribution in [0.1, 0.15) is 0 Å². The second-order valence-electron chi connectivity index (χ2n) is 3.06. The Morgan fingerprint density at radius 2 is 2.07 bits per heavy atom. The highest BCUT2D eigenvalue weighted by molar-refractivity contribution is 7.85. The van der Waals surface area contributed by atoms with E-state index in [1.165, 1.54) is 0 Å². The van der Waals surface area contributed by atoms with E-state index in [2.05, 4.69) is 0 Å². The molecule has 0 aromatic heterocycles. The van der Waals surface area contributed by atoms with Crippen LogP contribution in [-0.2, 0) is 10.8 Å². The zero-order valence-electron chi connectivity index (χ0n) is 7.28. The Morgan fingerprint density at radius 3 is 2.67 bits per heavy atom. The van der Waals surface area contributed by atoms with Gasteiger partial charge in [0.1, 0.15) is 15.7 Å². The number of hydrogen-bond donors (Lipinski definition) is 0. The maximum Gasteiger partial charge on any atom is 0.271 e. The summed E-state index contributed by atoms with van der Waals surface area (Å²) in [4.78, 5) is 7.73. The van der Waals surface area contributed by atoms with E-state index in [1.807, 2.05) is 0 Å². The Morgan fingerprint density at radius 1 is 1.40 bits per heavy atom. The molecule has 8 heteroatoms. The Hall–Kier alpha value is -1.35. The average Bonchev–Trinajstić information content (AvgIpc) is 2.37. The zero-order chi connectivity index (χ0) is 11.2. The Bertz CT molecular complexity index is 472. The molecule has 0 spiro atoms.